The molecular weight excluding hydrogens is 278 g/mol. The van der Waals surface area contributed by atoms with E-state index in [-0.39, 0.29) is 17.5 Å². The summed E-state index contributed by atoms with van der Waals surface area (Å²) in [5.74, 6) is -0.703. The van der Waals surface area contributed by atoms with Crippen LogP contribution in [0.3, 0.4) is 0 Å². The van der Waals surface area contributed by atoms with E-state index in [1.54, 1.807) is 0 Å². The van der Waals surface area contributed by atoms with Gasteiger partial charge in [0.1, 0.15) is 9.88 Å². The highest BCUT2D eigenvalue weighted by Crippen LogP contribution is 2.30. The average molecular weight is 297 g/mol. The highest BCUT2D eigenvalue weighted by molar-refractivity contribution is 7.14. The van der Waals surface area contributed by atoms with E-state index >= 15 is 0 Å². The van der Waals surface area contributed by atoms with Crippen LogP contribution in [0, 0.1) is 0 Å². The zero-order valence-corrected chi connectivity index (χ0v) is 13.0. The van der Waals surface area contributed by atoms with Crippen molar-refractivity contribution >= 4 is 23.1 Å². The molecule has 0 N–H and O–H groups in total. The van der Waals surface area contributed by atoms with Gasteiger partial charge in [-0.05, 0) is 14.1 Å². The first-order valence-electron chi connectivity index (χ1n) is 6.42. The van der Waals surface area contributed by atoms with Crippen molar-refractivity contribution in [2.45, 2.75) is 13.0 Å². The SMILES string of the molecule is COC(=O)c1nc(C2CN(C)CCN2C)sc1C(C)=O. The lowest BCUT2D eigenvalue weighted by atomic mass is 10.2. The summed E-state index contributed by atoms with van der Waals surface area (Å²) in [5, 5.41) is 0.796. The summed E-state index contributed by atoms with van der Waals surface area (Å²) in [5.41, 5.74) is 0.140. The third-order valence-corrected chi connectivity index (χ3v) is 4.74. The van der Waals surface area contributed by atoms with Crippen molar-refractivity contribution in [3.05, 3.63) is 15.6 Å². The molecule has 1 aliphatic heterocycles. The van der Waals surface area contributed by atoms with Crippen molar-refractivity contribution < 1.29 is 14.3 Å². The molecule has 1 aromatic rings. The largest absolute Gasteiger partial charge is 0.464 e. The van der Waals surface area contributed by atoms with E-state index in [0.29, 0.717) is 4.88 Å². The number of Topliss-reactive ketones (excluding diaryl/α,β-unsaturated/α-hetero) is 1. The molecule has 1 aromatic heterocycles. The lowest BCUT2D eigenvalue weighted by molar-refractivity contribution is 0.0590. The van der Waals surface area contributed by atoms with Crippen molar-refractivity contribution in [1.29, 1.82) is 0 Å². The molecule has 0 amide bonds. The third kappa shape index (κ3) is 2.89. The predicted molar refractivity (Wildman–Crippen MR) is 76.3 cm³/mol. The van der Waals surface area contributed by atoms with Crippen LogP contribution in [0.25, 0.3) is 0 Å². The Morgan fingerprint density at radius 3 is 2.65 bits per heavy atom. The molecule has 6 nitrogen and oxygen atoms in total. The number of aromatic nitrogens is 1. The molecule has 0 aromatic carbocycles. The van der Waals surface area contributed by atoms with Crippen LogP contribution < -0.4 is 0 Å². The Balaban J connectivity index is 2.37. The molecule has 1 unspecified atom stereocenters. The van der Waals surface area contributed by atoms with E-state index < -0.39 is 5.97 Å². The van der Waals surface area contributed by atoms with Crippen LogP contribution in [-0.2, 0) is 4.74 Å². The normalized spacial score (nSPS) is 20.9. The molecule has 1 saturated heterocycles. The van der Waals surface area contributed by atoms with Gasteiger partial charge in [0.2, 0.25) is 0 Å². The number of carbonyl (C=O) groups is 2. The predicted octanol–water partition coefficient (Wildman–Crippen LogP) is 1.05. The Bertz CT molecular complexity index is 529. The van der Waals surface area contributed by atoms with Gasteiger partial charge in [-0.15, -0.1) is 11.3 Å². The summed E-state index contributed by atoms with van der Waals surface area (Å²) in [6.07, 6.45) is 0. The van der Waals surface area contributed by atoms with Crippen LogP contribution in [0.2, 0.25) is 0 Å². The minimum Gasteiger partial charge on any atom is -0.464 e. The van der Waals surface area contributed by atoms with E-state index in [4.69, 9.17) is 4.74 Å². The van der Waals surface area contributed by atoms with E-state index in [0.717, 1.165) is 24.6 Å². The van der Waals surface area contributed by atoms with E-state index in [1.807, 2.05) is 7.05 Å². The quantitative estimate of drug-likeness (QED) is 0.614. The smallest absolute Gasteiger partial charge is 0.358 e. The van der Waals surface area contributed by atoms with E-state index in [9.17, 15) is 9.59 Å². The van der Waals surface area contributed by atoms with Gasteiger partial charge >= 0.3 is 5.97 Å². The summed E-state index contributed by atoms with van der Waals surface area (Å²) in [6.45, 7) is 4.22. The maximum Gasteiger partial charge on any atom is 0.358 e. The Morgan fingerprint density at radius 2 is 2.05 bits per heavy atom. The number of carbonyl (C=O) groups excluding carboxylic acids is 2. The Morgan fingerprint density at radius 1 is 1.35 bits per heavy atom. The van der Waals surface area contributed by atoms with Gasteiger partial charge in [0.25, 0.3) is 0 Å². The minimum atomic E-state index is -0.551. The fraction of sp³-hybridized carbons (Fsp3) is 0.615. The van der Waals surface area contributed by atoms with Gasteiger partial charge in [-0.1, -0.05) is 0 Å². The topological polar surface area (TPSA) is 62.7 Å². The lowest BCUT2D eigenvalue weighted by Gasteiger charge is -2.36. The molecule has 1 aliphatic rings. The Hall–Kier alpha value is -1.31. The van der Waals surface area contributed by atoms with Crippen LogP contribution >= 0.6 is 11.3 Å². The number of hydrogen-bond acceptors (Lipinski definition) is 7. The molecule has 0 spiro atoms. The van der Waals surface area contributed by atoms with Crippen molar-refractivity contribution in [3.63, 3.8) is 0 Å². The number of methoxy groups -OCH3 is 1. The van der Waals surface area contributed by atoms with Crippen molar-refractivity contribution in [2.75, 3.05) is 40.8 Å². The maximum absolute atomic E-state index is 11.7. The summed E-state index contributed by atoms with van der Waals surface area (Å²) in [6, 6.07) is 0.107. The standard InChI is InChI=1S/C13H19N3O3S/c1-8(17)11-10(13(18)19-4)14-12(20-11)9-7-15(2)5-6-16(9)3/h9H,5-7H2,1-4H3. The zero-order chi connectivity index (χ0) is 14.9. The van der Waals surface area contributed by atoms with Crippen molar-refractivity contribution in [3.8, 4) is 0 Å². The van der Waals surface area contributed by atoms with Crippen molar-refractivity contribution in [2.24, 2.45) is 0 Å². The fourth-order valence-electron chi connectivity index (χ4n) is 2.23. The van der Waals surface area contributed by atoms with E-state index in [1.165, 1.54) is 25.4 Å². The molecule has 1 atom stereocenters. The molecule has 2 rings (SSSR count). The minimum absolute atomic E-state index is 0.107. The second-order valence-corrected chi connectivity index (χ2v) is 6.07. The van der Waals surface area contributed by atoms with Gasteiger partial charge in [-0.25, -0.2) is 9.78 Å². The number of hydrogen-bond donors (Lipinski definition) is 0. The molecule has 0 bridgehead atoms. The maximum atomic E-state index is 11.7. The van der Waals surface area contributed by atoms with Crippen LogP contribution in [0.4, 0.5) is 0 Å². The first kappa shape index (κ1) is 15.1. The average Bonchev–Trinajstić information content (AvgIpc) is 2.85. The summed E-state index contributed by atoms with van der Waals surface area (Å²) in [4.78, 5) is 32.6. The summed E-state index contributed by atoms with van der Waals surface area (Å²) < 4.78 is 4.70. The van der Waals surface area contributed by atoms with E-state index in [2.05, 4.69) is 21.8 Å². The number of ether oxygens (including phenoxy) is 1. The molecule has 0 aliphatic carbocycles. The molecule has 7 heteroatoms. The molecule has 1 fully saturated rings. The van der Waals surface area contributed by atoms with Crippen LogP contribution in [-0.4, -0.2) is 67.4 Å². The number of rotatable bonds is 3. The highest BCUT2D eigenvalue weighted by atomic mass is 32.1. The number of likely N-dealkylation sites (N-methyl/N-ethyl adjacent to an activating group) is 2. The van der Waals surface area contributed by atoms with Gasteiger partial charge < -0.3 is 9.64 Å². The summed E-state index contributed by atoms with van der Waals surface area (Å²) in [7, 11) is 5.39. The summed E-state index contributed by atoms with van der Waals surface area (Å²) >= 11 is 1.29. The van der Waals surface area contributed by atoms with Gasteiger partial charge in [-0.3, -0.25) is 9.69 Å². The van der Waals surface area contributed by atoms with Gasteiger partial charge in [-0.2, -0.15) is 0 Å². The van der Waals surface area contributed by atoms with Crippen LogP contribution in [0.1, 0.15) is 38.1 Å². The Labute approximate surface area is 122 Å². The first-order chi connectivity index (χ1) is 9.43. The molecule has 110 valence electrons. The Kier molecular flexibility index (Phi) is 4.52. The third-order valence-electron chi connectivity index (χ3n) is 3.48. The molecular formula is C13H19N3O3S. The fourth-order valence-corrected chi connectivity index (χ4v) is 3.34. The second-order valence-electron chi connectivity index (χ2n) is 5.04. The van der Waals surface area contributed by atoms with Crippen LogP contribution in [0.5, 0.6) is 0 Å². The van der Waals surface area contributed by atoms with Gasteiger partial charge in [0.05, 0.1) is 13.2 Å². The number of ketones is 1. The van der Waals surface area contributed by atoms with Crippen LogP contribution in [0.15, 0.2) is 0 Å². The lowest BCUT2D eigenvalue weighted by Crippen LogP contribution is -2.44. The van der Waals surface area contributed by atoms with Gasteiger partial charge in [0.15, 0.2) is 11.5 Å². The second kappa shape index (κ2) is 5.99. The first-order valence-corrected chi connectivity index (χ1v) is 7.24. The molecule has 20 heavy (non-hydrogen) atoms. The number of thiazole rings is 1. The number of nitrogens with zero attached hydrogens (tertiary/aromatic N) is 3. The molecule has 0 radical (unpaired) electrons. The van der Waals surface area contributed by atoms with Crippen molar-refractivity contribution in [1.82, 2.24) is 14.8 Å². The monoisotopic (exact) mass is 297 g/mol. The van der Waals surface area contributed by atoms with Gasteiger partial charge in [0, 0.05) is 26.6 Å². The number of piperazine rings is 1. The molecule has 0 saturated carbocycles. The molecule has 2 heterocycles. The zero-order valence-electron chi connectivity index (χ0n) is 12.2. The number of esters is 1. The highest BCUT2D eigenvalue weighted by Gasteiger charge is 2.30.